The van der Waals surface area contributed by atoms with Crippen molar-refractivity contribution in [3.8, 4) is 5.75 Å². The van der Waals surface area contributed by atoms with E-state index in [1.165, 1.54) is 6.07 Å². The minimum absolute atomic E-state index is 0.0756. The van der Waals surface area contributed by atoms with Crippen molar-refractivity contribution in [2.45, 2.75) is 58.8 Å². The number of hydroxylamine groups is 2. The number of benzene rings is 2. The molecule has 0 N–H and O–H groups in total. The Morgan fingerprint density at radius 1 is 1.00 bits per heavy atom. The Hall–Kier alpha value is -3.82. The second-order valence-corrected chi connectivity index (χ2v) is 10.3. The Bertz CT molecular complexity index is 1120. The second-order valence-electron chi connectivity index (χ2n) is 10.3. The van der Waals surface area contributed by atoms with Crippen LogP contribution in [0.1, 0.15) is 58.8 Å². The van der Waals surface area contributed by atoms with Crippen LogP contribution >= 0.6 is 0 Å². The number of amides is 1. The molecule has 10 heteroatoms. The van der Waals surface area contributed by atoms with Gasteiger partial charge in [-0.15, -0.1) is 5.06 Å². The lowest BCUT2D eigenvalue weighted by atomic mass is 10.1. The first kappa shape index (κ1) is 27.8. The topological polar surface area (TPSA) is 95.9 Å². The van der Waals surface area contributed by atoms with Crippen molar-refractivity contribution in [1.82, 2.24) is 5.06 Å². The van der Waals surface area contributed by atoms with Gasteiger partial charge in [-0.25, -0.2) is 19.0 Å². The number of ether oxygens (including phenoxy) is 4. The molecule has 37 heavy (non-hydrogen) atoms. The summed E-state index contributed by atoms with van der Waals surface area (Å²) in [6.45, 7) is 9.91. The standard InChI is InChI=1S/C27H33FN2O7/c1-26(2,3)35-24(31)30(37-25(32)36-27(4,5)6)15-16-33-20-14-10-13-19(22(20)28)23-29-17-21(34-23)18-11-8-7-9-12-18/h7-14,21H,15-17H2,1-6H3/t21-/m0/s1. The minimum Gasteiger partial charge on any atom is -0.488 e. The van der Waals surface area contributed by atoms with Crippen LogP contribution in [-0.4, -0.2) is 54.1 Å². The highest BCUT2D eigenvalue weighted by Gasteiger charge is 2.29. The predicted molar refractivity (Wildman–Crippen MR) is 134 cm³/mol. The summed E-state index contributed by atoms with van der Waals surface area (Å²) < 4.78 is 37.1. The summed E-state index contributed by atoms with van der Waals surface area (Å²) in [5.41, 5.74) is -0.569. The van der Waals surface area contributed by atoms with E-state index in [1.807, 2.05) is 30.3 Å². The van der Waals surface area contributed by atoms with E-state index in [9.17, 15) is 9.59 Å². The van der Waals surface area contributed by atoms with Gasteiger partial charge in [-0.1, -0.05) is 36.4 Å². The van der Waals surface area contributed by atoms with Crippen LogP contribution < -0.4 is 4.74 Å². The summed E-state index contributed by atoms with van der Waals surface area (Å²) in [5.74, 6) is -0.555. The maximum Gasteiger partial charge on any atom is 0.534 e. The first-order valence-electron chi connectivity index (χ1n) is 11.9. The fraction of sp³-hybridized carbons (Fsp3) is 0.444. The van der Waals surface area contributed by atoms with Crippen molar-refractivity contribution in [1.29, 1.82) is 0 Å². The molecule has 0 aliphatic carbocycles. The zero-order valence-corrected chi connectivity index (χ0v) is 21.9. The molecule has 200 valence electrons. The van der Waals surface area contributed by atoms with Crippen LogP contribution in [0.4, 0.5) is 14.0 Å². The number of hydrogen-bond donors (Lipinski definition) is 0. The van der Waals surface area contributed by atoms with Gasteiger partial charge < -0.3 is 23.8 Å². The van der Waals surface area contributed by atoms with Gasteiger partial charge in [0.2, 0.25) is 5.90 Å². The van der Waals surface area contributed by atoms with E-state index in [0.29, 0.717) is 11.6 Å². The number of rotatable bonds is 6. The average Bonchev–Trinajstić information content (AvgIpc) is 3.28. The Morgan fingerprint density at radius 2 is 1.68 bits per heavy atom. The monoisotopic (exact) mass is 516 g/mol. The van der Waals surface area contributed by atoms with Crippen molar-refractivity contribution < 1.29 is 37.8 Å². The molecular weight excluding hydrogens is 483 g/mol. The predicted octanol–water partition coefficient (Wildman–Crippen LogP) is 5.83. The Morgan fingerprint density at radius 3 is 2.32 bits per heavy atom. The van der Waals surface area contributed by atoms with Gasteiger partial charge in [0.15, 0.2) is 11.6 Å². The average molecular weight is 517 g/mol. The third kappa shape index (κ3) is 8.37. The zero-order valence-electron chi connectivity index (χ0n) is 21.9. The summed E-state index contributed by atoms with van der Waals surface area (Å²) in [6, 6.07) is 14.2. The van der Waals surface area contributed by atoms with Gasteiger partial charge in [0.25, 0.3) is 0 Å². The first-order valence-corrected chi connectivity index (χ1v) is 11.9. The molecule has 0 saturated carbocycles. The zero-order chi connectivity index (χ0) is 27.2. The molecule has 1 atom stereocenters. The molecule has 0 saturated heterocycles. The maximum atomic E-state index is 15.3. The minimum atomic E-state index is -1.09. The van der Waals surface area contributed by atoms with Gasteiger partial charge in [0.05, 0.1) is 18.7 Å². The van der Waals surface area contributed by atoms with Gasteiger partial charge in [-0.2, -0.15) is 0 Å². The molecule has 1 heterocycles. The molecule has 9 nitrogen and oxygen atoms in total. The van der Waals surface area contributed by atoms with Crippen LogP contribution in [-0.2, 0) is 19.0 Å². The summed E-state index contributed by atoms with van der Waals surface area (Å²) in [6.07, 6.45) is -2.31. The van der Waals surface area contributed by atoms with Crippen molar-refractivity contribution >= 4 is 18.1 Å². The smallest absolute Gasteiger partial charge is 0.488 e. The first-order chi connectivity index (χ1) is 17.3. The van der Waals surface area contributed by atoms with E-state index in [0.717, 1.165) is 5.56 Å². The third-order valence-corrected chi connectivity index (χ3v) is 4.74. The van der Waals surface area contributed by atoms with E-state index in [2.05, 4.69) is 4.99 Å². The molecule has 0 bridgehead atoms. The molecule has 1 aliphatic rings. The SMILES string of the molecule is CC(C)(C)OC(=O)ON(CCOc1cccc(C2=NC[C@@H](c3ccccc3)O2)c1F)C(=O)OC(C)(C)C. The van der Waals surface area contributed by atoms with E-state index >= 15 is 4.39 Å². The molecule has 1 amide bonds. The molecular formula is C27H33FN2O7. The van der Waals surface area contributed by atoms with Crippen LogP contribution in [0.3, 0.4) is 0 Å². The van der Waals surface area contributed by atoms with Gasteiger partial charge >= 0.3 is 12.2 Å². The number of aliphatic imine (C=N–C) groups is 1. The van der Waals surface area contributed by atoms with Crippen molar-refractivity contribution in [3.63, 3.8) is 0 Å². The Kier molecular flexibility index (Phi) is 8.62. The fourth-order valence-electron chi connectivity index (χ4n) is 3.24. The lowest BCUT2D eigenvalue weighted by Gasteiger charge is -2.27. The van der Waals surface area contributed by atoms with Crippen molar-refractivity contribution in [2.24, 2.45) is 4.99 Å². The summed E-state index contributed by atoms with van der Waals surface area (Å²) >= 11 is 0. The molecule has 2 aromatic rings. The van der Waals surface area contributed by atoms with Gasteiger partial charge in [0.1, 0.15) is 23.9 Å². The maximum absolute atomic E-state index is 15.3. The summed E-state index contributed by atoms with van der Waals surface area (Å²) in [5, 5.41) is 0.676. The number of halogens is 1. The molecule has 0 aromatic heterocycles. The second kappa shape index (κ2) is 11.5. The van der Waals surface area contributed by atoms with Crippen molar-refractivity contribution in [3.05, 3.63) is 65.5 Å². The van der Waals surface area contributed by atoms with Crippen LogP contribution in [0.25, 0.3) is 0 Å². The third-order valence-electron chi connectivity index (χ3n) is 4.74. The number of hydrogen-bond acceptors (Lipinski definition) is 8. The number of carbonyl (C=O) groups is 2. The Balaban J connectivity index is 1.65. The molecule has 1 aliphatic heterocycles. The summed E-state index contributed by atoms with van der Waals surface area (Å²) in [4.78, 5) is 34.1. The largest absolute Gasteiger partial charge is 0.534 e. The quantitative estimate of drug-likeness (QED) is 0.352. The molecule has 0 unspecified atom stereocenters. The number of nitrogens with zero attached hydrogens (tertiary/aromatic N) is 2. The van der Waals surface area contributed by atoms with Crippen LogP contribution in [0.15, 0.2) is 53.5 Å². The molecule has 0 fully saturated rings. The molecule has 0 spiro atoms. The van der Waals surface area contributed by atoms with E-state index in [1.54, 1.807) is 53.7 Å². The normalized spacial score (nSPS) is 15.3. The van der Waals surface area contributed by atoms with E-state index in [4.69, 9.17) is 23.8 Å². The highest BCUT2D eigenvalue weighted by atomic mass is 19.1. The van der Waals surface area contributed by atoms with Gasteiger partial charge in [-0.3, -0.25) is 0 Å². The van der Waals surface area contributed by atoms with Crippen LogP contribution in [0, 0.1) is 5.82 Å². The lowest BCUT2D eigenvalue weighted by molar-refractivity contribution is -0.138. The number of carbonyl (C=O) groups excluding carboxylic acids is 2. The molecule has 0 radical (unpaired) electrons. The summed E-state index contributed by atoms with van der Waals surface area (Å²) in [7, 11) is 0. The van der Waals surface area contributed by atoms with Gasteiger partial charge in [-0.05, 0) is 59.2 Å². The van der Waals surface area contributed by atoms with Crippen LogP contribution in [0.2, 0.25) is 0 Å². The van der Waals surface area contributed by atoms with Crippen LogP contribution in [0.5, 0.6) is 5.75 Å². The Labute approximate surface area is 216 Å². The van der Waals surface area contributed by atoms with Gasteiger partial charge in [0, 0.05) is 0 Å². The molecule has 3 rings (SSSR count). The van der Waals surface area contributed by atoms with E-state index < -0.39 is 29.3 Å². The highest BCUT2D eigenvalue weighted by molar-refractivity contribution is 5.96. The fourth-order valence-corrected chi connectivity index (χ4v) is 3.24. The molecule has 2 aromatic carbocycles. The highest BCUT2D eigenvalue weighted by Crippen LogP contribution is 2.28. The van der Waals surface area contributed by atoms with Crippen molar-refractivity contribution in [2.75, 3.05) is 19.7 Å². The lowest BCUT2D eigenvalue weighted by Crippen LogP contribution is -2.41. The van der Waals surface area contributed by atoms with E-state index in [-0.39, 0.29) is 36.5 Å².